The lowest BCUT2D eigenvalue weighted by Gasteiger charge is -2.35. The number of nitrogens with zero attached hydrogens (tertiary/aromatic N) is 1. The molecule has 28 heavy (non-hydrogen) atoms. The van der Waals surface area contributed by atoms with Crippen LogP contribution in [0.1, 0.15) is 30.9 Å². The molecule has 1 aliphatic rings. The topological polar surface area (TPSA) is 45.8 Å². The standard InChI is InChI=1S/C22H29N3O2S/c1-26-19-10-6-17(7-11-19)21(25-14-4-3-5-15-25)16-23-22(28)24-18-8-12-20(27-2)13-9-18/h6-13,21H,3-5,14-16H2,1-2H3,(H2,23,24,28)/t21-/m0/s1. The van der Waals surface area contributed by atoms with Gasteiger partial charge in [0.2, 0.25) is 0 Å². The van der Waals surface area contributed by atoms with Gasteiger partial charge >= 0.3 is 0 Å². The minimum Gasteiger partial charge on any atom is -0.497 e. The first-order valence-electron chi connectivity index (χ1n) is 9.76. The zero-order valence-corrected chi connectivity index (χ0v) is 17.4. The van der Waals surface area contributed by atoms with Crippen molar-refractivity contribution >= 4 is 23.0 Å². The average Bonchev–Trinajstić information content (AvgIpc) is 2.75. The Balaban J connectivity index is 1.63. The maximum Gasteiger partial charge on any atom is 0.170 e. The Bertz CT molecular complexity index is 743. The van der Waals surface area contributed by atoms with Gasteiger partial charge in [-0.15, -0.1) is 0 Å². The molecule has 0 radical (unpaired) electrons. The van der Waals surface area contributed by atoms with Gasteiger partial charge in [0.1, 0.15) is 11.5 Å². The van der Waals surface area contributed by atoms with Gasteiger partial charge in [0.15, 0.2) is 5.11 Å². The summed E-state index contributed by atoms with van der Waals surface area (Å²) < 4.78 is 10.5. The van der Waals surface area contributed by atoms with E-state index in [1.165, 1.54) is 24.8 Å². The fourth-order valence-electron chi connectivity index (χ4n) is 3.55. The van der Waals surface area contributed by atoms with Crippen LogP contribution in [0.15, 0.2) is 48.5 Å². The van der Waals surface area contributed by atoms with E-state index in [1.54, 1.807) is 14.2 Å². The summed E-state index contributed by atoms with van der Waals surface area (Å²) in [6.07, 6.45) is 3.82. The third-order valence-electron chi connectivity index (χ3n) is 5.14. The number of anilines is 1. The van der Waals surface area contributed by atoms with Crippen molar-refractivity contribution in [2.75, 3.05) is 39.2 Å². The number of methoxy groups -OCH3 is 2. The maximum absolute atomic E-state index is 5.51. The molecule has 0 saturated carbocycles. The third-order valence-corrected chi connectivity index (χ3v) is 5.38. The Kier molecular flexibility index (Phi) is 7.51. The van der Waals surface area contributed by atoms with E-state index in [0.29, 0.717) is 5.11 Å². The monoisotopic (exact) mass is 399 g/mol. The van der Waals surface area contributed by atoms with Crippen molar-refractivity contribution < 1.29 is 9.47 Å². The number of likely N-dealkylation sites (tertiary alicyclic amines) is 1. The summed E-state index contributed by atoms with van der Waals surface area (Å²) >= 11 is 5.51. The number of nitrogens with one attached hydrogen (secondary N) is 2. The van der Waals surface area contributed by atoms with Crippen LogP contribution in [0.25, 0.3) is 0 Å². The van der Waals surface area contributed by atoms with Gasteiger partial charge in [-0.1, -0.05) is 18.6 Å². The van der Waals surface area contributed by atoms with Crippen LogP contribution in [-0.4, -0.2) is 43.9 Å². The van der Waals surface area contributed by atoms with Gasteiger partial charge in [-0.2, -0.15) is 0 Å². The fraction of sp³-hybridized carbons (Fsp3) is 0.409. The van der Waals surface area contributed by atoms with Crippen molar-refractivity contribution in [2.45, 2.75) is 25.3 Å². The number of benzene rings is 2. The van der Waals surface area contributed by atoms with Crippen LogP contribution >= 0.6 is 12.2 Å². The van der Waals surface area contributed by atoms with Crippen LogP contribution < -0.4 is 20.1 Å². The first kappa shape index (κ1) is 20.4. The molecule has 6 heteroatoms. The van der Waals surface area contributed by atoms with E-state index < -0.39 is 0 Å². The molecule has 0 aliphatic carbocycles. The predicted octanol–water partition coefficient (Wildman–Crippen LogP) is 4.22. The molecule has 1 saturated heterocycles. The second kappa shape index (κ2) is 10.3. The number of thiocarbonyl (C=S) groups is 1. The Morgan fingerprint density at radius 3 is 2.07 bits per heavy atom. The normalized spacial score (nSPS) is 15.5. The highest BCUT2D eigenvalue weighted by molar-refractivity contribution is 7.80. The van der Waals surface area contributed by atoms with E-state index >= 15 is 0 Å². The number of piperidine rings is 1. The van der Waals surface area contributed by atoms with Crippen LogP contribution in [-0.2, 0) is 0 Å². The van der Waals surface area contributed by atoms with Crippen molar-refractivity contribution in [3.05, 3.63) is 54.1 Å². The van der Waals surface area contributed by atoms with Crippen LogP contribution in [0, 0.1) is 0 Å². The molecule has 1 atom stereocenters. The number of hydrogen-bond acceptors (Lipinski definition) is 4. The minimum atomic E-state index is 0.279. The van der Waals surface area contributed by atoms with E-state index in [4.69, 9.17) is 21.7 Å². The van der Waals surface area contributed by atoms with Crippen molar-refractivity contribution in [1.82, 2.24) is 10.2 Å². The van der Waals surface area contributed by atoms with Gasteiger partial charge in [-0.05, 0) is 80.1 Å². The molecule has 5 nitrogen and oxygen atoms in total. The molecule has 0 aromatic heterocycles. The highest BCUT2D eigenvalue weighted by Crippen LogP contribution is 2.26. The SMILES string of the molecule is COc1ccc(NC(=S)NC[C@@H](c2ccc(OC)cc2)N2CCCCC2)cc1. The van der Waals surface area contributed by atoms with Crippen LogP contribution in [0.5, 0.6) is 11.5 Å². The number of ether oxygens (including phenoxy) is 2. The number of rotatable bonds is 7. The summed E-state index contributed by atoms with van der Waals surface area (Å²) in [5.74, 6) is 1.71. The molecule has 2 aromatic carbocycles. The summed E-state index contributed by atoms with van der Waals surface area (Å²) in [6.45, 7) is 3.00. The van der Waals surface area contributed by atoms with Gasteiger partial charge in [0.05, 0.1) is 20.3 Å². The van der Waals surface area contributed by atoms with Crippen LogP contribution in [0.4, 0.5) is 5.69 Å². The lowest BCUT2D eigenvalue weighted by molar-refractivity contribution is 0.164. The Labute approximate surface area is 173 Å². The molecule has 0 bridgehead atoms. The molecule has 0 amide bonds. The smallest absolute Gasteiger partial charge is 0.170 e. The van der Waals surface area contributed by atoms with Crippen molar-refractivity contribution in [3.63, 3.8) is 0 Å². The highest BCUT2D eigenvalue weighted by Gasteiger charge is 2.22. The van der Waals surface area contributed by atoms with E-state index in [0.717, 1.165) is 36.8 Å². The average molecular weight is 400 g/mol. The van der Waals surface area contributed by atoms with Crippen molar-refractivity contribution in [3.8, 4) is 11.5 Å². The van der Waals surface area contributed by atoms with Gasteiger partial charge in [0.25, 0.3) is 0 Å². The van der Waals surface area contributed by atoms with Crippen molar-refractivity contribution in [1.29, 1.82) is 0 Å². The highest BCUT2D eigenvalue weighted by atomic mass is 32.1. The van der Waals surface area contributed by atoms with E-state index in [2.05, 4.69) is 27.7 Å². The molecule has 3 rings (SSSR count). The second-order valence-corrected chi connectivity index (χ2v) is 7.36. The first-order valence-corrected chi connectivity index (χ1v) is 10.2. The summed E-state index contributed by atoms with van der Waals surface area (Å²) in [5.41, 5.74) is 2.22. The van der Waals surface area contributed by atoms with E-state index in [1.807, 2.05) is 36.4 Å². The zero-order valence-electron chi connectivity index (χ0n) is 16.6. The van der Waals surface area contributed by atoms with Crippen LogP contribution in [0.3, 0.4) is 0 Å². The third kappa shape index (κ3) is 5.59. The largest absolute Gasteiger partial charge is 0.497 e. The second-order valence-electron chi connectivity index (χ2n) is 6.95. The van der Waals surface area contributed by atoms with Gasteiger partial charge in [0, 0.05) is 12.2 Å². The fourth-order valence-corrected chi connectivity index (χ4v) is 3.75. The number of hydrogen-bond donors (Lipinski definition) is 2. The molecular formula is C22H29N3O2S. The quantitative estimate of drug-likeness (QED) is 0.680. The summed E-state index contributed by atoms with van der Waals surface area (Å²) in [4.78, 5) is 2.55. The van der Waals surface area contributed by atoms with Crippen molar-refractivity contribution in [2.24, 2.45) is 0 Å². The van der Waals surface area contributed by atoms with Gasteiger partial charge < -0.3 is 20.1 Å². The Morgan fingerprint density at radius 2 is 1.50 bits per heavy atom. The Hall–Kier alpha value is -2.31. The lowest BCUT2D eigenvalue weighted by Crippen LogP contribution is -2.41. The molecule has 2 aromatic rings. The maximum atomic E-state index is 5.51. The first-order chi connectivity index (χ1) is 13.7. The van der Waals surface area contributed by atoms with Crippen LogP contribution in [0.2, 0.25) is 0 Å². The summed E-state index contributed by atoms with van der Waals surface area (Å²) in [5, 5.41) is 7.27. The Morgan fingerprint density at radius 1 is 0.929 bits per heavy atom. The van der Waals surface area contributed by atoms with Gasteiger partial charge in [-0.3, -0.25) is 4.90 Å². The molecule has 1 heterocycles. The molecule has 0 spiro atoms. The van der Waals surface area contributed by atoms with E-state index in [-0.39, 0.29) is 6.04 Å². The molecule has 0 unspecified atom stereocenters. The van der Waals surface area contributed by atoms with Gasteiger partial charge in [-0.25, -0.2) is 0 Å². The molecular weight excluding hydrogens is 370 g/mol. The molecule has 2 N–H and O–H groups in total. The van der Waals surface area contributed by atoms with E-state index in [9.17, 15) is 0 Å². The lowest BCUT2D eigenvalue weighted by atomic mass is 10.0. The predicted molar refractivity (Wildman–Crippen MR) is 118 cm³/mol. The minimum absolute atomic E-state index is 0.279. The molecule has 1 fully saturated rings. The molecule has 150 valence electrons. The zero-order chi connectivity index (χ0) is 19.8. The summed E-state index contributed by atoms with van der Waals surface area (Å²) in [7, 11) is 3.36. The molecule has 1 aliphatic heterocycles. The summed E-state index contributed by atoms with van der Waals surface area (Å²) in [6, 6.07) is 16.4.